The second kappa shape index (κ2) is 8.58. The van der Waals surface area contributed by atoms with Crippen LogP contribution in [-0.4, -0.2) is 47.6 Å². The highest BCUT2D eigenvalue weighted by Gasteiger charge is 2.29. The van der Waals surface area contributed by atoms with Gasteiger partial charge in [-0.1, -0.05) is 18.2 Å². The van der Waals surface area contributed by atoms with Gasteiger partial charge in [0.25, 0.3) is 0 Å². The third kappa shape index (κ3) is 4.07. The molecule has 0 N–H and O–H groups in total. The monoisotopic (exact) mass is 432 g/mol. The van der Waals surface area contributed by atoms with Crippen LogP contribution in [0.25, 0.3) is 23.0 Å². The van der Waals surface area contributed by atoms with Gasteiger partial charge in [0.05, 0.1) is 12.3 Å². The fourth-order valence-corrected chi connectivity index (χ4v) is 3.56. The highest BCUT2D eigenvalue weighted by atomic mass is 16.6. The van der Waals surface area contributed by atoms with Crippen LogP contribution in [0.2, 0.25) is 0 Å². The first-order valence-corrected chi connectivity index (χ1v) is 10.3. The fraction of sp³-hybridized carbons (Fsp3) is 0.208. The Balaban J connectivity index is 1.47. The van der Waals surface area contributed by atoms with Gasteiger partial charge in [0.2, 0.25) is 6.10 Å². The highest BCUT2D eigenvalue weighted by molar-refractivity contribution is 5.91. The maximum Gasteiger partial charge on any atom is 0.347 e. The molecule has 1 aromatic heterocycles. The van der Waals surface area contributed by atoms with Crippen LogP contribution >= 0.6 is 0 Å². The Morgan fingerprint density at radius 1 is 1.03 bits per heavy atom. The normalized spacial score (nSPS) is 17.4. The van der Waals surface area contributed by atoms with Crippen molar-refractivity contribution >= 4 is 18.0 Å². The molecule has 1 atom stereocenters. The van der Waals surface area contributed by atoms with E-state index < -0.39 is 18.0 Å². The number of esters is 2. The molecule has 0 radical (unpaired) electrons. The Bertz CT molecular complexity index is 1180. The minimum Gasteiger partial charge on any atom is -0.486 e. The van der Waals surface area contributed by atoms with E-state index in [0.29, 0.717) is 42.4 Å². The van der Waals surface area contributed by atoms with Crippen molar-refractivity contribution in [2.24, 2.45) is 0 Å². The molecular formula is C24H20N2O6. The first-order valence-electron chi connectivity index (χ1n) is 10.3. The van der Waals surface area contributed by atoms with Gasteiger partial charge in [0.15, 0.2) is 11.5 Å². The van der Waals surface area contributed by atoms with Crippen LogP contribution in [0.1, 0.15) is 12.0 Å². The van der Waals surface area contributed by atoms with Crippen LogP contribution in [0, 0.1) is 0 Å². The lowest BCUT2D eigenvalue weighted by Gasteiger charge is -2.18. The summed E-state index contributed by atoms with van der Waals surface area (Å²) in [7, 11) is 0. The van der Waals surface area contributed by atoms with Crippen molar-refractivity contribution in [2.45, 2.75) is 12.5 Å². The van der Waals surface area contributed by atoms with E-state index in [2.05, 4.69) is 0 Å². The van der Waals surface area contributed by atoms with Crippen LogP contribution in [0.3, 0.4) is 0 Å². The summed E-state index contributed by atoms with van der Waals surface area (Å²) >= 11 is 0. The SMILES string of the molecule is O=C(C=Cc1cn(-c2ccccc2)nc1-c1ccc2c(c1)OCCO2)OC1CCOC1=O. The van der Waals surface area contributed by atoms with Crippen LogP contribution in [0.15, 0.2) is 60.8 Å². The molecule has 3 aromatic rings. The third-order valence-electron chi connectivity index (χ3n) is 5.12. The van der Waals surface area contributed by atoms with Gasteiger partial charge in [-0.3, -0.25) is 0 Å². The number of carbonyl (C=O) groups excluding carboxylic acids is 2. The van der Waals surface area contributed by atoms with E-state index in [1.165, 1.54) is 6.08 Å². The van der Waals surface area contributed by atoms with Crippen LogP contribution in [0.5, 0.6) is 11.5 Å². The van der Waals surface area contributed by atoms with Crippen molar-refractivity contribution in [3.8, 4) is 28.4 Å². The van der Waals surface area contributed by atoms with E-state index in [1.54, 1.807) is 10.8 Å². The van der Waals surface area contributed by atoms with E-state index in [1.807, 2.05) is 54.7 Å². The number of fused-ring (bicyclic) bond motifs is 1. The molecule has 5 rings (SSSR count). The first kappa shape index (κ1) is 19.9. The molecule has 0 saturated carbocycles. The number of nitrogens with zero attached hydrogens (tertiary/aromatic N) is 2. The average Bonchev–Trinajstić information content (AvgIpc) is 3.44. The Labute approximate surface area is 184 Å². The number of hydrogen-bond donors (Lipinski definition) is 0. The maximum atomic E-state index is 12.3. The lowest BCUT2D eigenvalue weighted by Crippen LogP contribution is -2.21. The van der Waals surface area contributed by atoms with Gasteiger partial charge in [-0.05, 0) is 36.4 Å². The molecule has 1 unspecified atom stereocenters. The molecule has 0 amide bonds. The summed E-state index contributed by atoms with van der Waals surface area (Å²) in [4.78, 5) is 23.8. The molecule has 2 aliphatic rings. The minimum atomic E-state index is -0.851. The molecule has 2 aromatic carbocycles. The van der Waals surface area contributed by atoms with E-state index >= 15 is 0 Å². The number of para-hydroxylation sites is 1. The average molecular weight is 432 g/mol. The van der Waals surface area contributed by atoms with Crippen LogP contribution < -0.4 is 9.47 Å². The van der Waals surface area contributed by atoms with Crippen molar-refractivity contribution in [3.05, 3.63) is 66.4 Å². The molecule has 0 aliphatic carbocycles. The van der Waals surface area contributed by atoms with E-state index in [9.17, 15) is 9.59 Å². The molecule has 2 aliphatic heterocycles. The van der Waals surface area contributed by atoms with Crippen molar-refractivity contribution in [2.75, 3.05) is 19.8 Å². The van der Waals surface area contributed by atoms with Crippen molar-refractivity contribution < 1.29 is 28.5 Å². The Kier molecular flexibility index (Phi) is 5.33. The van der Waals surface area contributed by atoms with Gasteiger partial charge in [0, 0.05) is 29.8 Å². The Morgan fingerprint density at radius 3 is 2.62 bits per heavy atom. The summed E-state index contributed by atoms with van der Waals surface area (Å²) in [6.07, 6.45) is 4.26. The largest absolute Gasteiger partial charge is 0.486 e. The predicted molar refractivity (Wildman–Crippen MR) is 114 cm³/mol. The Hall–Kier alpha value is -4.07. The van der Waals surface area contributed by atoms with Crippen LogP contribution in [0.4, 0.5) is 0 Å². The molecule has 8 heteroatoms. The summed E-state index contributed by atoms with van der Waals surface area (Å²) in [5.74, 6) is 0.207. The third-order valence-corrected chi connectivity index (χ3v) is 5.12. The van der Waals surface area contributed by atoms with Gasteiger partial charge in [-0.25, -0.2) is 14.3 Å². The molecule has 0 spiro atoms. The molecular weight excluding hydrogens is 412 g/mol. The molecule has 3 heterocycles. The molecule has 1 fully saturated rings. The fourth-order valence-electron chi connectivity index (χ4n) is 3.56. The van der Waals surface area contributed by atoms with Crippen LogP contribution in [-0.2, 0) is 19.1 Å². The Morgan fingerprint density at radius 2 is 1.84 bits per heavy atom. The van der Waals surface area contributed by atoms with E-state index in [4.69, 9.17) is 24.0 Å². The lowest BCUT2D eigenvalue weighted by molar-refractivity contribution is -0.156. The molecule has 8 nitrogen and oxygen atoms in total. The van der Waals surface area contributed by atoms with Gasteiger partial charge in [-0.2, -0.15) is 5.10 Å². The second-order valence-corrected chi connectivity index (χ2v) is 7.29. The topological polar surface area (TPSA) is 88.9 Å². The number of cyclic esters (lactones) is 1. The first-order chi connectivity index (χ1) is 15.7. The number of rotatable bonds is 5. The summed E-state index contributed by atoms with van der Waals surface area (Å²) in [5, 5.41) is 4.74. The van der Waals surface area contributed by atoms with Gasteiger partial charge in [-0.15, -0.1) is 0 Å². The summed E-state index contributed by atoms with van der Waals surface area (Å²) in [6.45, 7) is 1.26. The zero-order chi connectivity index (χ0) is 21.9. The number of carbonyl (C=O) groups is 2. The quantitative estimate of drug-likeness (QED) is 0.452. The van der Waals surface area contributed by atoms with Gasteiger partial charge >= 0.3 is 11.9 Å². The summed E-state index contributed by atoms with van der Waals surface area (Å²) in [6, 6.07) is 15.3. The summed E-state index contributed by atoms with van der Waals surface area (Å²) < 4.78 is 23.1. The summed E-state index contributed by atoms with van der Waals surface area (Å²) in [5.41, 5.74) is 3.06. The number of benzene rings is 2. The van der Waals surface area contributed by atoms with Crippen molar-refractivity contribution in [1.29, 1.82) is 0 Å². The number of hydrogen-bond acceptors (Lipinski definition) is 7. The lowest BCUT2D eigenvalue weighted by atomic mass is 10.1. The molecule has 162 valence electrons. The number of ether oxygens (including phenoxy) is 4. The zero-order valence-electron chi connectivity index (χ0n) is 17.1. The predicted octanol–water partition coefficient (Wildman–Crippen LogP) is 3.18. The second-order valence-electron chi connectivity index (χ2n) is 7.29. The smallest absolute Gasteiger partial charge is 0.347 e. The standard InChI is InChI=1S/C24H20N2O6/c27-22(32-20-10-11-31-24(20)28)9-7-17-15-26(18-4-2-1-3-5-18)25-23(17)16-6-8-19-21(14-16)30-13-12-29-19/h1-9,14-15,20H,10-13H2. The number of aromatic nitrogens is 2. The van der Waals surface area contributed by atoms with E-state index in [-0.39, 0.29) is 6.61 Å². The molecule has 0 bridgehead atoms. The van der Waals surface area contributed by atoms with Crippen molar-refractivity contribution in [1.82, 2.24) is 9.78 Å². The highest BCUT2D eigenvalue weighted by Crippen LogP contribution is 2.35. The molecule has 1 saturated heterocycles. The van der Waals surface area contributed by atoms with Gasteiger partial charge in [0.1, 0.15) is 18.9 Å². The minimum absolute atomic E-state index is 0.263. The van der Waals surface area contributed by atoms with Gasteiger partial charge < -0.3 is 18.9 Å². The maximum absolute atomic E-state index is 12.3. The van der Waals surface area contributed by atoms with Crippen molar-refractivity contribution in [3.63, 3.8) is 0 Å². The molecule has 32 heavy (non-hydrogen) atoms. The zero-order valence-corrected chi connectivity index (χ0v) is 17.1. The van der Waals surface area contributed by atoms with E-state index in [0.717, 1.165) is 11.3 Å².